The smallest absolute Gasteiger partial charge is 0.411 e. The van der Waals surface area contributed by atoms with Crippen LogP contribution in [0.25, 0.3) is 0 Å². The number of rotatable bonds is 6. The van der Waals surface area contributed by atoms with Gasteiger partial charge in [0, 0.05) is 0 Å². The molecule has 4 nitrogen and oxygen atoms in total. The first-order valence-corrected chi connectivity index (χ1v) is 7.39. The minimum absolute atomic E-state index is 0.0915. The summed E-state index contributed by atoms with van der Waals surface area (Å²) in [5.41, 5.74) is -6.43. The van der Waals surface area contributed by atoms with Crippen LogP contribution < -0.4 is 9.47 Å². The van der Waals surface area contributed by atoms with Crippen LogP contribution in [0.4, 0.5) is 26.3 Å². The van der Waals surface area contributed by atoms with Crippen molar-refractivity contribution in [3.05, 3.63) is 59.7 Å². The van der Waals surface area contributed by atoms with E-state index in [4.69, 9.17) is 10.2 Å². The van der Waals surface area contributed by atoms with E-state index < -0.39 is 42.5 Å². The molecule has 0 heterocycles. The Morgan fingerprint density at radius 2 is 0.889 bits per heavy atom. The molecular weight excluding hydrogens is 382 g/mol. The summed E-state index contributed by atoms with van der Waals surface area (Å²) in [4.78, 5) is 0. The number of benzene rings is 2. The summed E-state index contributed by atoms with van der Waals surface area (Å²) in [6, 6.07) is 6.19. The first-order valence-electron chi connectivity index (χ1n) is 7.39. The molecule has 0 aliphatic rings. The van der Waals surface area contributed by atoms with Gasteiger partial charge in [-0.1, -0.05) is 24.3 Å². The summed E-state index contributed by atoms with van der Waals surface area (Å²) in [6.07, 6.45) is -11.4. The van der Waals surface area contributed by atoms with Crippen LogP contribution in [0.3, 0.4) is 0 Å². The van der Waals surface area contributed by atoms with Gasteiger partial charge in [-0.25, -0.2) is 0 Å². The van der Waals surface area contributed by atoms with Crippen molar-refractivity contribution in [3.63, 3.8) is 0 Å². The molecule has 0 saturated heterocycles. The molecule has 0 aliphatic heterocycles. The molecule has 148 valence electrons. The lowest BCUT2D eigenvalue weighted by Crippen LogP contribution is -2.54. The molecule has 0 aliphatic carbocycles. The Labute approximate surface area is 149 Å². The first-order chi connectivity index (χ1) is 12.6. The molecular formula is C17H14F6O4. The molecule has 0 fully saturated rings. The summed E-state index contributed by atoms with van der Waals surface area (Å²) in [7, 11) is 0. The normalized spacial score (nSPS) is 12.7. The predicted octanol–water partition coefficient (Wildman–Crippen LogP) is 3.75. The maximum Gasteiger partial charge on any atom is 0.411 e. The van der Waals surface area contributed by atoms with Crippen molar-refractivity contribution in [2.75, 3.05) is 13.6 Å². The zero-order chi connectivity index (χ0) is 20.3. The summed E-state index contributed by atoms with van der Waals surface area (Å²) in [6.45, 7) is -1.56. The highest BCUT2D eigenvalue weighted by Crippen LogP contribution is 2.56. The maximum absolute atomic E-state index is 13.9. The fourth-order valence-electron chi connectivity index (χ4n) is 2.73. The summed E-state index contributed by atoms with van der Waals surface area (Å²) in [5, 5.41) is 17.3. The predicted molar refractivity (Wildman–Crippen MR) is 81.2 cm³/mol. The van der Waals surface area contributed by atoms with Crippen LogP contribution in [-0.4, -0.2) is 36.2 Å². The number of aliphatic hydroxyl groups is 2. The van der Waals surface area contributed by atoms with Crippen LogP contribution in [0.5, 0.6) is 11.5 Å². The lowest BCUT2D eigenvalue weighted by molar-refractivity contribution is -0.288. The van der Waals surface area contributed by atoms with E-state index in [9.17, 15) is 26.3 Å². The monoisotopic (exact) mass is 396 g/mol. The van der Waals surface area contributed by atoms with Crippen molar-refractivity contribution in [1.82, 2.24) is 0 Å². The Morgan fingerprint density at radius 1 is 0.593 bits per heavy atom. The van der Waals surface area contributed by atoms with Crippen molar-refractivity contribution in [3.8, 4) is 11.5 Å². The Morgan fingerprint density at radius 3 is 1.11 bits per heavy atom. The highest BCUT2D eigenvalue weighted by Gasteiger charge is 2.72. The van der Waals surface area contributed by atoms with E-state index in [1.165, 1.54) is 0 Å². The van der Waals surface area contributed by atoms with Gasteiger partial charge in [0.1, 0.15) is 11.5 Å². The van der Waals surface area contributed by atoms with Crippen molar-refractivity contribution in [1.29, 1.82) is 0 Å². The van der Waals surface area contributed by atoms with E-state index in [1.807, 2.05) is 0 Å². The molecule has 0 amide bonds. The highest BCUT2D eigenvalue weighted by molar-refractivity contribution is 5.47. The second-order valence-electron chi connectivity index (χ2n) is 5.34. The SMILES string of the molecule is OCOc1ccc(C(c2ccc(OCO)cc2)(C(F)(F)F)C(F)(F)F)cc1. The lowest BCUT2D eigenvalue weighted by atomic mass is 9.73. The average molecular weight is 396 g/mol. The highest BCUT2D eigenvalue weighted by atomic mass is 19.4. The molecule has 0 radical (unpaired) electrons. The van der Waals surface area contributed by atoms with Crippen LogP contribution in [0, 0.1) is 0 Å². The molecule has 0 spiro atoms. The molecule has 0 bridgehead atoms. The third-order valence-corrected chi connectivity index (χ3v) is 3.89. The third-order valence-electron chi connectivity index (χ3n) is 3.89. The number of aliphatic hydroxyl groups excluding tert-OH is 2. The number of hydrogen-bond donors (Lipinski definition) is 2. The molecule has 27 heavy (non-hydrogen) atoms. The molecule has 0 unspecified atom stereocenters. The number of hydrogen-bond acceptors (Lipinski definition) is 4. The zero-order valence-electron chi connectivity index (χ0n) is 13.5. The molecule has 2 aromatic rings. The van der Waals surface area contributed by atoms with Crippen LogP contribution in [0.2, 0.25) is 0 Å². The zero-order valence-corrected chi connectivity index (χ0v) is 13.5. The lowest BCUT2D eigenvalue weighted by Gasteiger charge is -2.38. The van der Waals surface area contributed by atoms with Crippen LogP contribution in [0.1, 0.15) is 11.1 Å². The summed E-state index contributed by atoms with van der Waals surface area (Å²) in [5.74, 6) is -0.183. The Kier molecular flexibility index (Phi) is 5.91. The van der Waals surface area contributed by atoms with Crippen LogP contribution >= 0.6 is 0 Å². The van der Waals surface area contributed by atoms with Crippen LogP contribution in [0.15, 0.2) is 48.5 Å². The van der Waals surface area contributed by atoms with E-state index in [-0.39, 0.29) is 11.5 Å². The van der Waals surface area contributed by atoms with Crippen molar-refractivity contribution < 1.29 is 46.0 Å². The number of halogens is 6. The van der Waals surface area contributed by atoms with E-state index >= 15 is 0 Å². The van der Waals surface area contributed by atoms with Gasteiger partial charge in [0.05, 0.1) is 0 Å². The van der Waals surface area contributed by atoms with E-state index in [2.05, 4.69) is 9.47 Å². The standard InChI is InChI=1S/C17H14F6O4/c18-16(19,20)15(17(21,22)23,11-1-5-13(6-2-11)26-9-24)12-3-7-14(8-4-12)27-10-25/h1-8,24-25H,9-10H2. The average Bonchev–Trinajstić information content (AvgIpc) is 2.56. The van der Waals surface area contributed by atoms with Gasteiger partial charge in [-0.05, 0) is 35.4 Å². The van der Waals surface area contributed by atoms with Gasteiger partial charge in [0.2, 0.25) is 5.41 Å². The molecule has 2 rings (SSSR count). The van der Waals surface area contributed by atoms with E-state index in [0.717, 1.165) is 24.3 Å². The minimum Gasteiger partial charge on any atom is -0.468 e. The first kappa shape index (κ1) is 20.8. The van der Waals surface area contributed by atoms with Gasteiger partial charge >= 0.3 is 12.4 Å². The van der Waals surface area contributed by atoms with Gasteiger partial charge in [-0.3, -0.25) is 0 Å². The Bertz CT molecular complexity index is 673. The largest absolute Gasteiger partial charge is 0.468 e. The summed E-state index contributed by atoms with van der Waals surface area (Å²) >= 11 is 0. The van der Waals surface area contributed by atoms with Crippen molar-refractivity contribution in [2.45, 2.75) is 17.8 Å². The number of ether oxygens (including phenoxy) is 2. The fourth-order valence-corrected chi connectivity index (χ4v) is 2.73. The Balaban J connectivity index is 2.71. The van der Waals surface area contributed by atoms with Gasteiger partial charge in [0.25, 0.3) is 0 Å². The molecule has 0 atom stereocenters. The van der Waals surface area contributed by atoms with Crippen LogP contribution in [-0.2, 0) is 5.41 Å². The van der Waals surface area contributed by atoms with Crippen molar-refractivity contribution >= 4 is 0 Å². The molecule has 0 aromatic heterocycles. The van der Waals surface area contributed by atoms with Gasteiger partial charge in [-0.2, -0.15) is 26.3 Å². The summed E-state index contributed by atoms with van der Waals surface area (Å²) < 4.78 is 92.6. The van der Waals surface area contributed by atoms with E-state index in [0.29, 0.717) is 24.3 Å². The maximum atomic E-state index is 13.9. The number of alkyl halides is 6. The third kappa shape index (κ3) is 3.81. The second kappa shape index (κ2) is 7.65. The molecule has 2 aromatic carbocycles. The fraction of sp³-hybridized carbons (Fsp3) is 0.294. The molecule has 10 heteroatoms. The minimum atomic E-state index is -5.72. The van der Waals surface area contributed by atoms with E-state index in [1.54, 1.807) is 0 Å². The Hall–Kier alpha value is -2.46. The van der Waals surface area contributed by atoms with Gasteiger partial charge in [0.15, 0.2) is 13.6 Å². The quantitative estimate of drug-likeness (QED) is 0.577. The topological polar surface area (TPSA) is 58.9 Å². The van der Waals surface area contributed by atoms with Gasteiger partial charge < -0.3 is 19.7 Å². The molecule has 2 N–H and O–H groups in total. The van der Waals surface area contributed by atoms with Gasteiger partial charge in [-0.15, -0.1) is 0 Å². The molecule has 0 saturated carbocycles. The second-order valence-corrected chi connectivity index (χ2v) is 5.34. The van der Waals surface area contributed by atoms with Crippen molar-refractivity contribution in [2.24, 2.45) is 0 Å².